The van der Waals surface area contributed by atoms with Crippen molar-refractivity contribution in [3.8, 4) is 11.5 Å². The Morgan fingerprint density at radius 2 is 1.58 bits per heavy atom. The zero-order chi connectivity index (χ0) is 17.6. The molecule has 4 nitrogen and oxygen atoms in total. The van der Waals surface area contributed by atoms with E-state index in [2.05, 4.69) is 24.3 Å². The predicted octanol–water partition coefficient (Wildman–Crippen LogP) is 4.31. The van der Waals surface area contributed by atoms with Gasteiger partial charge in [-0.3, -0.25) is 0 Å². The van der Waals surface area contributed by atoms with Crippen LogP contribution in [0.1, 0.15) is 30.3 Å². The smallest absolute Gasteiger partial charge is 0.267 e. The monoisotopic (exact) mass is 348 g/mol. The Bertz CT molecular complexity index is 959. The average molecular weight is 348 g/mol. The molecule has 132 valence electrons. The summed E-state index contributed by atoms with van der Waals surface area (Å²) in [6.07, 6.45) is 0.732. The number of aliphatic hydroxyl groups is 1. The lowest BCUT2D eigenvalue weighted by Gasteiger charge is -2.32. The first-order chi connectivity index (χ1) is 12.7. The van der Waals surface area contributed by atoms with Crippen molar-refractivity contribution in [2.24, 2.45) is 0 Å². The van der Waals surface area contributed by atoms with Crippen molar-refractivity contribution in [1.82, 2.24) is 0 Å². The van der Waals surface area contributed by atoms with Crippen LogP contribution in [-0.2, 0) is 10.3 Å². The van der Waals surface area contributed by atoms with E-state index < -0.39 is 11.9 Å². The Kier molecular flexibility index (Phi) is 3.62. The van der Waals surface area contributed by atoms with Crippen molar-refractivity contribution < 1.29 is 19.3 Å². The van der Waals surface area contributed by atoms with Gasteiger partial charge in [0, 0.05) is 31.6 Å². The summed E-state index contributed by atoms with van der Waals surface area (Å²) in [6, 6.07) is 20.2. The molecule has 0 aliphatic carbocycles. The standard InChI is InChI=1S/C22H20O4/c23-22(9-11-24-12-10-22)18-7-8-19-20(14-18)26-21(25-19)17-6-5-15-3-1-2-4-16(15)13-17/h1-8,13-14,21,23H,9-12H2. The average Bonchev–Trinajstić information content (AvgIpc) is 3.11. The molecule has 0 amide bonds. The van der Waals surface area contributed by atoms with E-state index in [4.69, 9.17) is 14.2 Å². The van der Waals surface area contributed by atoms with Crippen LogP contribution in [0.2, 0.25) is 0 Å². The van der Waals surface area contributed by atoms with Gasteiger partial charge in [-0.05, 0) is 34.5 Å². The molecule has 0 spiro atoms. The molecule has 4 heteroatoms. The number of rotatable bonds is 2. The predicted molar refractivity (Wildman–Crippen MR) is 98.3 cm³/mol. The maximum Gasteiger partial charge on any atom is 0.267 e. The van der Waals surface area contributed by atoms with Gasteiger partial charge in [0.05, 0.1) is 5.60 Å². The van der Waals surface area contributed by atoms with E-state index in [9.17, 15) is 5.11 Å². The molecule has 26 heavy (non-hydrogen) atoms. The first kappa shape index (κ1) is 15.7. The van der Waals surface area contributed by atoms with Crippen LogP contribution in [0.25, 0.3) is 10.8 Å². The highest BCUT2D eigenvalue weighted by atomic mass is 16.7. The van der Waals surface area contributed by atoms with Crippen LogP contribution < -0.4 is 9.47 Å². The molecule has 5 rings (SSSR count). The lowest BCUT2D eigenvalue weighted by atomic mass is 9.86. The molecular weight excluding hydrogens is 328 g/mol. The van der Waals surface area contributed by atoms with Gasteiger partial charge in [0.15, 0.2) is 11.5 Å². The Morgan fingerprint density at radius 3 is 2.42 bits per heavy atom. The van der Waals surface area contributed by atoms with Gasteiger partial charge in [-0.15, -0.1) is 0 Å². The van der Waals surface area contributed by atoms with Crippen molar-refractivity contribution in [1.29, 1.82) is 0 Å². The quantitative estimate of drug-likeness (QED) is 0.750. The highest BCUT2D eigenvalue weighted by molar-refractivity contribution is 5.83. The molecule has 1 saturated heterocycles. The first-order valence-electron chi connectivity index (χ1n) is 8.98. The lowest BCUT2D eigenvalue weighted by Crippen LogP contribution is -2.33. The summed E-state index contributed by atoms with van der Waals surface area (Å²) in [4.78, 5) is 0. The fourth-order valence-electron chi connectivity index (χ4n) is 3.73. The highest BCUT2D eigenvalue weighted by Crippen LogP contribution is 2.44. The van der Waals surface area contributed by atoms with Gasteiger partial charge in [0.2, 0.25) is 0 Å². The van der Waals surface area contributed by atoms with Gasteiger partial charge < -0.3 is 19.3 Å². The Balaban J connectivity index is 1.43. The van der Waals surface area contributed by atoms with Crippen LogP contribution in [0, 0.1) is 0 Å². The first-order valence-corrected chi connectivity index (χ1v) is 8.98. The summed E-state index contributed by atoms with van der Waals surface area (Å²) < 4.78 is 17.4. The van der Waals surface area contributed by atoms with Gasteiger partial charge in [0.1, 0.15) is 0 Å². The summed E-state index contributed by atoms with van der Waals surface area (Å²) in [7, 11) is 0. The minimum atomic E-state index is -0.850. The van der Waals surface area contributed by atoms with Crippen LogP contribution in [0.4, 0.5) is 0 Å². The van der Waals surface area contributed by atoms with Crippen molar-refractivity contribution in [2.45, 2.75) is 24.7 Å². The van der Waals surface area contributed by atoms with Gasteiger partial charge in [-0.1, -0.05) is 42.5 Å². The van der Waals surface area contributed by atoms with E-state index >= 15 is 0 Å². The van der Waals surface area contributed by atoms with E-state index in [0.717, 1.165) is 16.5 Å². The molecule has 1 N–H and O–H groups in total. The third-order valence-corrected chi connectivity index (χ3v) is 5.31. The van der Waals surface area contributed by atoms with Crippen LogP contribution in [0.5, 0.6) is 11.5 Å². The zero-order valence-electron chi connectivity index (χ0n) is 14.4. The molecule has 0 radical (unpaired) electrons. The third kappa shape index (κ3) is 2.62. The van der Waals surface area contributed by atoms with Crippen LogP contribution in [-0.4, -0.2) is 18.3 Å². The highest BCUT2D eigenvalue weighted by Gasteiger charge is 2.34. The normalized spacial score (nSPS) is 21.0. The molecule has 1 unspecified atom stereocenters. The fraction of sp³-hybridized carbons (Fsp3) is 0.273. The topological polar surface area (TPSA) is 47.9 Å². The van der Waals surface area contributed by atoms with E-state index in [1.54, 1.807) is 0 Å². The summed E-state index contributed by atoms with van der Waals surface area (Å²) in [6.45, 7) is 1.15. The number of fused-ring (bicyclic) bond motifs is 2. The second-order valence-corrected chi connectivity index (χ2v) is 6.98. The van der Waals surface area contributed by atoms with Gasteiger partial charge in [-0.25, -0.2) is 0 Å². The van der Waals surface area contributed by atoms with Gasteiger partial charge >= 0.3 is 0 Å². The molecule has 3 aromatic rings. The Labute approximate surface area is 151 Å². The molecule has 2 aliphatic heterocycles. The maximum atomic E-state index is 10.9. The second-order valence-electron chi connectivity index (χ2n) is 6.98. The number of hydrogen-bond acceptors (Lipinski definition) is 4. The van der Waals surface area contributed by atoms with Gasteiger partial charge in [-0.2, -0.15) is 0 Å². The third-order valence-electron chi connectivity index (χ3n) is 5.31. The Morgan fingerprint density at radius 1 is 0.808 bits per heavy atom. The molecule has 0 aromatic heterocycles. The van der Waals surface area contributed by atoms with E-state index in [1.807, 2.05) is 36.4 Å². The lowest BCUT2D eigenvalue weighted by molar-refractivity contribution is -0.0680. The van der Waals surface area contributed by atoms with Crippen LogP contribution in [0.3, 0.4) is 0 Å². The molecule has 2 aliphatic rings. The number of benzene rings is 3. The number of hydrogen-bond donors (Lipinski definition) is 1. The summed E-state index contributed by atoms with van der Waals surface area (Å²) in [5.41, 5.74) is 0.992. The molecule has 0 bridgehead atoms. The molecule has 1 atom stereocenters. The maximum absolute atomic E-state index is 10.9. The van der Waals surface area contributed by atoms with Crippen molar-refractivity contribution >= 4 is 10.8 Å². The second kappa shape index (κ2) is 6.01. The van der Waals surface area contributed by atoms with Crippen molar-refractivity contribution in [3.05, 3.63) is 71.8 Å². The summed E-state index contributed by atoms with van der Waals surface area (Å²) >= 11 is 0. The zero-order valence-corrected chi connectivity index (χ0v) is 14.4. The minimum Gasteiger partial charge on any atom is -0.447 e. The molecular formula is C22H20O4. The molecule has 0 saturated carbocycles. The van der Waals surface area contributed by atoms with Crippen LogP contribution >= 0.6 is 0 Å². The molecule has 2 heterocycles. The van der Waals surface area contributed by atoms with E-state index in [-0.39, 0.29) is 0 Å². The SMILES string of the molecule is OC1(c2ccc3c(c2)OC(c2ccc4ccccc4c2)O3)CCOCC1. The van der Waals surface area contributed by atoms with Crippen LogP contribution in [0.15, 0.2) is 60.7 Å². The van der Waals surface area contributed by atoms with Crippen molar-refractivity contribution in [3.63, 3.8) is 0 Å². The molecule has 1 fully saturated rings. The van der Waals surface area contributed by atoms with E-state index in [1.165, 1.54) is 5.39 Å². The van der Waals surface area contributed by atoms with Crippen molar-refractivity contribution in [2.75, 3.05) is 13.2 Å². The molecule has 3 aromatic carbocycles. The Hall–Kier alpha value is -2.56. The number of ether oxygens (including phenoxy) is 3. The van der Waals surface area contributed by atoms with E-state index in [0.29, 0.717) is 37.6 Å². The fourth-order valence-corrected chi connectivity index (χ4v) is 3.73. The largest absolute Gasteiger partial charge is 0.447 e. The minimum absolute atomic E-state index is 0.464. The summed E-state index contributed by atoms with van der Waals surface area (Å²) in [5.74, 6) is 1.39. The summed E-state index contributed by atoms with van der Waals surface area (Å²) in [5, 5.41) is 13.2. The van der Waals surface area contributed by atoms with Gasteiger partial charge in [0.25, 0.3) is 6.29 Å².